The minimum atomic E-state index is -3.68. The molecule has 0 unspecified atom stereocenters. The molecular formula is C30H36FN3O5S. The van der Waals surface area contributed by atoms with E-state index in [1.165, 1.54) is 24.3 Å². The molecule has 0 bridgehead atoms. The quantitative estimate of drug-likeness (QED) is 0.315. The Labute approximate surface area is 235 Å². The van der Waals surface area contributed by atoms with Crippen molar-refractivity contribution in [2.75, 3.05) is 30.8 Å². The van der Waals surface area contributed by atoms with Gasteiger partial charge in [0.05, 0.1) is 19.1 Å². The predicted molar refractivity (Wildman–Crippen MR) is 154 cm³/mol. The topological polar surface area (TPSA) is 96.0 Å². The SMILES string of the molecule is CCNC(=O)[C@H](Cc1ccccc1)N(Cc1cccc(OC)c1)C(=O)CCCN(c1ccc(F)cc1)S(C)(=O)=O. The van der Waals surface area contributed by atoms with Crippen molar-refractivity contribution in [1.82, 2.24) is 10.2 Å². The van der Waals surface area contributed by atoms with Crippen LogP contribution < -0.4 is 14.4 Å². The Balaban J connectivity index is 1.87. The van der Waals surface area contributed by atoms with Gasteiger partial charge in [-0.1, -0.05) is 42.5 Å². The number of hydrogen-bond donors (Lipinski definition) is 1. The number of sulfonamides is 1. The van der Waals surface area contributed by atoms with Crippen LogP contribution in [0.1, 0.15) is 30.9 Å². The minimum absolute atomic E-state index is 0.00186. The number of benzene rings is 3. The molecule has 2 amide bonds. The number of anilines is 1. The van der Waals surface area contributed by atoms with Gasteiger partial charge in [0.15, 0.2) is 0 Å². The van der Waals surface area contributed by atoms with Gasteiger partial charge in [-0.25, -0.2) is 12.8 Å². The fourth-order valence-corrected chi connectivity index (χ4v) is 5.39. The van der Waals surface area contributed by atoms with Crippen LogP contribution in [0.15, 0.2) is 78.9 Å². The van der Waals surface area contributed by atoms with Crippen molar-refractivity contribution in [2.24, 2.45) is 0 Å². The average molecular weight is 570 g/mol. The van der Waals surface area contributed by atoms with Gasteiger partial charge in [0.2, 0.25) is 21.8 Å². The summed E-state index contributed by atoms with van der Waals surface area (Å²) in [6.07, 6.45) is 1.58. The third kappa shape index (κ3) is 8.81. The van der Waals surface area contributed by atoms with Crippen molar-refractivity contribution < 1.29 is 27.1 Å². The van der Waals surface area contributed by atoms with Crippen LogP contribution in [-0.4, -0.2) is 57.6 Å². The Bertz CT molecular complexity index is 1370. The number of rotatable bonds is 14. The zero-order valence-corrected chi connectivity index (χ0v) is 23.9. The number of nitrogens with zero attached hydrogens (tertiary/aromatic N) is 2. The van der Waals surface area contributed by atoms with Crippen molar-refractivity contribution in [3.05, 3.63) is 95.8 Å². The Morgan fingerprint density at radius 2 is 1.65 bits per heavy atom. The summed E-state index contributed by atoms with van der Waals surface area (Å²) in [6.45, 7) is 2.42. The van der Waals surface area contributed by atoms with E-state index in [1.807, 2.05) is 55.5 Å². The fourth-order valence-electron chi connectivity index (χ4n) is 4.42. The minimum Gasteiger partial charge on any atom is -0.497 e. The number of hydrogen-bond acceptors (Lipinski definition) is 5. The van der Waals surface area contributed by atoms with Crippen molar-refractivity contribution in [3.8, 4) is 5.75 Å². The van der Waals surface area contributed by atoms with E-state index in [0.717, 1.165) is 21.7 Å². The highest BCUT2D eigenvalue weighted by Crippen LogP contribution is 2.21. The maximum Gasteiger partial charge on any atom is 0.243 e. The van der Waals surface area contributed by atoms with Gasteiger partial charge in [-0.15, -0.1) is 0 Å². The molecule has 0 spiro atoms. The molecule has 0 aromatic heterocycles. The first-order chi connectivity index (χ1) is 19.1. The Morgan fingerprint density at radius 3 is 2.27 bits per heavy atom. The van der Waals surface area contributed by atoms with Crippen LogP contribution in [0.3, 0.4) is 0 Å². The van der Waals surface area contributed by atoms with E-state index in [0.29, 0.717) is 24.4 Å². The molecule has 0 saturated heterocycles. The van der Waals surface area contributed by atoms with Gasteiger partial charge in [0.25, 0.3) is 0 Å². The van der Waals surface area contributed by atoms with Crippen molar-refractivity contribution in [1.29, 1.82) is 0 Å². The molecule has 3 aromatic carbocycles. The molecule has 1 N–H and O–H groups in total. The number of halogens is 1. The smallest absolute Gasteiger partial charge is 0.243 e. The molecule has 1 atom stereocenters. The summed E-state index contributed by atoms with van der Waals surface area (Å²) in [6, 6.07) is 21.1. The molecule has 40 heavy (non-hydrogen) atoms. The highest BCUT2D eigenvalue weighted by Gasteiger charge is 2.30. The van der Waals surface area contributed by atoms with E-state index in [1.54, 1.807) is 18.1 Å². The number of likely N-dealkylation sites (N-methyl/N-ethyl adjacent to an activating group) is 1. The summed E-state index contributed by atoms with van der Waals surface area (Å²) in [5.74, 6) is -0.407. The van der Waals surface area contributed by atoms with Gasteiger partial charge in [-0.05, 0) is 60.9 Å². The molecule has 0 saturated carbocycles. The van der Waals surface area contributed by atoms with Crippen LogP contribution in [0.2, 0.25) is 0 Å². The highest BCUT2D eigenvalue weighted by molar-refractivity contribution is 7.92. The zero-order valence-electron chi connectivity index (χ0n) is 23.0. The molecule has 8 nitrogen and oxygen atoms in total. The second-order valence-electron chi connectivity index (χ2n) is 9.39. The zero-order chi connectivity index (χ0) is 29.1. The number of amides is 2. The van der Waals surface area contributed by atoms with Crippen LogP contribution in [0.4, 0.5) is 10.1 Å². The molecular weight excluding hydrogens is 533 g/mol. The molecule has 0 aliphatic carbocycles. The lowest BCUT2D eigenvalue weighted by Crippen LogP contribution is -2.50. The van der Waals surface area contributed by atoms with Crippen LogP contribution in [-0.2, 0) is 32.6 Å². The van der Waals surface area contributed by atoms with Gasteiger partial charge in [-0.3, -0.25) is 13.9 Å². The highest BCUT2D eigenvalue weighted by atomic mass is 32.2. The van der Waals surface area contributed by atoms with Gasteiger partial charge in [0, 0.05) is 32.5 Å². The number of nitrogens with one attached hydrogen (secondary N) is 1. The molecule has 0 heterocycles. The van der Waals surface area contributed by atoms with Crippen molar-refractivity contribution >= 4 is 27.5 Å². The molecule has 10 heteroatoms. The molecule has 3 aromatic rings. The fraction of sp³-hybridized carbons (Fsp3) is 0.333. The Morgan fingerprint density at radius 1 is 0.975 bits per heavy atom. The Hall–Kier alpha value is -3.92. The summed E-state index contributed by atoms with van der Waals surface area (Å²) in [5.41, 5.74) is 2.01. The normalized spacial score (nSPS) is 11.9. The van der Waals surface area contributed by atoms with Crippen LogP contribution in [0, 0.1) is 5.82 Å². The largest absolute Gasteiger partial charge is 0.497 e. The Kier molecular flexibility index (Phi) is 11.1. The lowest BCUT2D eigenvalue weighted by Gasteiger charge is -2.32. The van der Waals surface area contributed by atoms with Gasteiger partial charge in [0.1, 0.15) is 17.6 Å². The number of carbonyl (C=O) groups is 2. The number of methoxy groups -OCH3 is 1. The van der Waals surface area contributed by atoms with E-state index in [-0.39, 0.29) is 37.7 Å². The average Bonchev–Trinajstić information content (AvgIpc) is 2.93. The molecule has 0 aliphatic rings. The van der Waals surface area contributed by atoms with Crippen LogP contribution in [0.5, 0.6) is 5.75 Å². The first-order valence-electron chi connectivity index (χ1n) is 13.1. The van der Waals surface area contributed by atoms with Gasteiger partial charge < -0.3 is 15.0 Å². The maximum atomic E-state index is 13.8. The number of carbonyl (C=O) groups excluding carboxylic acids is 2. The maximum absolute atomic E-state index is 13.8. The van der Waals surface area contributed by atoms with E-state index >= 15 is 0 Å². The van der Waals surface area contributed by atoms with E-state index < -0.39 is 21.9 Å². The van der Waals surface area contributed by atoms with E-state index in [2.05, 4.69) is 5.32 Å². The van der Waals surface area contributed by atoms with Crippen LogP contribution in [0.25, 0.3) is 0 Å². The molecule has 0 aliphatic heterocycles. The summed E-state index contributed by atoms with van der Waals surface area (Å²) in [4.78, 5) is 28.6. The van der Waals surface area contributed by atoms with Gasteiger partial charge >= 0.3 is 0 Å². The molecule has 214 valence electrons. The first-order valence-corrected chi connectivity index (χ1v) is 14.9. The summed E-state index contributed by atoms with van der Waals surface area (Å²) < 4.78 is 44.9. The third-order valence-corrected chi connectivity index (χ3v) is 7.57. The molecule has 0 radical (unpaired) electrons. The second kappa shape index (κ2) is 14.5. The lowest BCUT2D eigenvalue weighted by atomic mass is 10.0. The first kappa shape index (κ1) is 30.6. The summed E-state index contributed by atoms with van der Waals surface area (Å²) in [5, 5.41) is 2.85. The standard InChI is InChI=1S/C30H36FN3O5S/c1-4-32-30(36)28(21-23-10-6-5-7-11-23)33(22-24-12-8-13-27(20-24)39-2)29(35)14-9-19-34(40(3,37)38)26-17-15-25(31)16-18-26/h5-8,10-13,15-18,20,28H,4,9,14,19,21-22H2,1-3H3,(H,32,36)/t28-/m0/s1. The van der Waals surface area contributed by atoms with Crippen LogP contribution >= 0.6 is 0 Å². The monoisotopic (exact) mass is 569 g/mol. The second-order valence-corrected chi connectivity index (χ2v) is 11.3. The summed E-state index contributed by atoms with van der Waals surface area (Å²) >= 11 is 0. The lowest BCUT2D eigenvalue weighted by molar-refractivity contribution is -0.141. The predicted octanol–water partition coefficient (Wildman–Crippen LogP) is 4.16. The third-order valence-electron chi connectivity index (χ3n) is 6.38. The van der Waals surface area contributed by atoms with Crippen molar-refractivity contribution in [3.63, 3.8) is 0 Å². The van der Waals surface area contributed by atoms with Gasteiger partial charge in [-0.2, -0.15) is 0 Å². The van der Waals surface area contributed by atoms with E-state index in [9.17, 15) is 22.4 Å². The number of ether oxygens (including phenoxy) is 1. The summed E-state index contributed by atoms with van der Waals surface area (Å²) in [7, 11) is -2.12. The molecule has 3 rings (SSSR count). The van der Waals surface area contributed by atoms with E-state index in [4.69, 9.17) is 4.74 Å². The molecule has 0 fully saturated rings. The van der Waals surface area contributed by atoms with Crippen molar-refractivity contribution in [2.45, 2.75) is 38.8 Å².